The molecule has 7 nitrogen and oxygen atoms in total. The molecule has 0 radical (unpaired) electrons. The molecular formula is C26H26ClN3O4. The van der Waals surface area contributed by atoms with Gasteiger partial charge >= 0.3 is 0 Å². The summed E-state index contributed by atoms with van der Waals surface area (Å²) in [6, 6.07) is 20.4. The molecule has 34 heavy (non-hydrogen) atoms. The Bertz CT molecular complexity index is 1110. The van der Waals surface area contributed by atoms with Crippen LogP contribution in [0.25, 0.3) is 0 Å². The molecule has 0 aliphatic carbocycles. The largest absolute Gasteiger partial charge is 0.494 e. The van der Waals surface area contributed by atoms with Crippen molar-refractivity contribution in [3.8, 4) is 5.75 Å². The van der Waals surface area contributed by atoms with Gasteiger partial charge in [0.15, 0.2) is 0 Å². The first-order valence-corrected chi connectivity index (χ1v) is 11.3. The minimum atomic E-state index is -0.251. The van der Waals surface area contributed by atoms with Crippen LogP contribution in [0.3, 0.4) is 0 Å². The number of carbonyl (C=O) groups is 3. The highest BCUT2D eigenvalue weighted by atomic mass is 35.5. The van der Waals surface area contributed by atoms with E-state index in [1.54, 1.807) is 72.8 Å². The number of benzene rings is 3. The molecule has 0 bridgehead atoms. The van der Waals surface area contributed by atoms with Gasteiger partial charge in [-0.1, -0.05) is 11.6 Å². The Morgan fingerprint density at radius 3 is 1.97 bits per heavy atom. The van der Waals surface area contributed by atoms with Gasteiger partial charge in [0.1, 0.15) is 5.75 Å². The second kappa shape index (κ2) is 12.4. The first kappa shape index (κ1) is 24.8. The van der Waals surface area contributed by atoms with Crippen molar-refractivity contribution in [1.29, 1.82) is 0 Å². The van der Waals surface area contributed by atoms with Crippen molar-refractivity contribution in [2.75, 3.05) is 23.8 Å². The van der Waals surface area contributed by atoms with Crippen LogP contribution < -0.4 is 20.7 Å². The molecule has 0 heterocycles. The fourth-order valence-corrected chi connectivity index (χ4v) is 3.21. The summed E-state index contributed by atoms with van der Waals surface area (Å²) in [6.45, 7) is 2.86. The molecule has 0 atom stereocenters. The topological polar surface area (TPSA) is 96.5 Å². The normalized spacial score (nSPS) is 10.3. The molecule has 8 heteroatoms. The van der Waals surface area contributed by atoms with Crippen molar-refractivity contribution in [2.24, 2.45) is 0 Å². The number of carbonyl (C=O) groups excluding carboxylic acids is 3. The van der Waals surface area contributed by atoms with E-state index in [0.29, 0.717) is 47.1 Å². The second-order valence-electron chi connectivity index (χ2n) is 7.40. The number of rotatable bonds is 10. The van der Waals surface area contributed by atoms with Crippen LogP contribution in [0.2, 0.25) is 5.02 Å². The molecule has 0 spiro atoms. The molecule has 3 rings (SSSR count). The van der Waals surface area contributed by atoms with Crippen molar-refractivity contribution >= 4 is 40.7 Å². The zero-order valence-corrected chi connectivity index (χ0v) is 19.5. The highest BCUT2D eigenvalue weighted by Gasteiger charge is 2.09. The molecule has 0 aliphatic rings. The fourth-order valence-electron chi connectivity index (χ4n) is 3.09. The van der Waals surface area contributed by atoms with Gasteiger partial charge in [-0.05, 0) is 86.1 Å². The Morgan fingerprint density at radius 2 is 1.32 bits per heavy atom. The maximum Gasteiger partial charge on any atom is 0.255 e. The first-order valence-electron chi connectivity index (χ1n) is 10.9. The Kier molecular flexibility index (Phi) is 9.05. The fraction of sp³-hybridized carbons (Fsp3) is 0.192. The molecule has 0 unspecified atom stereocenters. The van der Waals surface area contributed by atoms with Crippen molar-refractivity contribution in [1.82, 2.24) is 5.32 Å². The van der Waals surface area contributed by atoms with E-state index in [1.165, 1.54) is 0 Å². The molecule has 3 aromatic rings. The molecular weight excluding hydrogens is 454 g/mol. The van der Waals surface area contributed by atoms with Crippen molar-refractivity contribution < 1.29 is 19.1 Å². The first-order chi connectivity index (χ1) is 16.4. The van der Waals surface area contributed by atoms with E-state index in [2.05, 4.69) is 16.0 Å². The number of halogens is 1. The van der Waals surface area contributed by atoms with Crippen LogP contribution in [0.15, 0.2) is 72.8 Å². The van der Waals surface area contributed by atoms with Crippen LogP contribution in [0.4, 0.5) is 11.4 Å². The van der Waals surface area contributed by atoms with Crippen LogP contribution in [0, 0.1) is 0 Å². The maximum absolute atomic E-state index is 12.4. The predicted octanol–water partition coefficient (Wildman–Crippen LogP) is 5.14. The third kappa shape index (κ3) is 7.64. The van der Waals surface area contributed by atoms with Gasteiger partial charge in [0, 0.05) is 40.5 Å². The lowest BCUT2D eigenvalue weighted by Gasteiger charge is -2.09. The second-order valence-corrected chi connectivity index (χ2v) is 7.84. The summed E-state index contributed by atoms with van der Waals surface area (Å²) in [5.41, 5.74) is 2.24. The van der Waals surface area contributed by atoms with Gasteiger partial charge in [0.25, 0.3) is 11.8 Å². The minimum Gasteiger partial charge on any atom is -0.494 e. The van der Waals surface area contributed by atoms with Gasteiger partial charge < -0.3 is 20.7 Å². The summed E-state index contributed by atoms with van der Waals surface area (Å²) in [4.78, 5) is 36.6. The molecule has 0 aliphatic heterocycles. The summed E-state index contributed by atoms with van der Waals surface area (Å²) in [6.07, 6.45) is 0.745. The van der Waals surface area contributed by atoms with E-state index in [1.807, 2.05) is 6.92 Å². The van der Waals surface area contributed by atoms with Crippen LogP contribution >= 0.6 is 11.6 Å². The van der Waals surface area contributed by atoms with Crippen LogP contribution in [0.1, 0.15) is 40.5 Å². The number of hydrogen-bond donors (Lipinski definition) is 3. The lowest BCUT2D eigenvalue weighted by atomic mass is 10.1. The predicted molar refractivity (Wildman–Crippen MR) is 134 cm³/mol. The Hall–Kier alpha value is -3.84. The number of ether oxygens (including phenoxy) is 1. The molecule has 3 aromatic carbocycles. The Morgan fingerprint density at radius 1 is 0.765 bits per heavy atom. The van der Waals surface area contributed by atoms with Crippen LogP contribution in [-0.2, 0) is 4.79 Å². The Labute approximate surface area is 203 Å². The third-order valence-corrected chi connectivity index (χ3v) is 5.08. The van der Waals surface area contributed by atoms with E-state index >= 15 is 0 Å². The zero-order valence-electron chi connectivity index (χ0n) is 18.8. The van der Waals surface area contributed by atoms with Gasteiger partial charge in [-0.15, -0.1) is 0 Å². The van der Waals surface area contributed by atoms with E-state index in [0.717, 1.165) is 5.75 Å². The Balaban J connectivity index is 1.40. The standard InChI is InChI=1S/C26H26ClN3O4/c1-2-34-23-15-13-22(14-16-23)30-26(33)19-7-11-21(12-8-19)29-24(31)4-3-17-28-25(32)18-5-9-20(27)10-6-18/h5-16H,2-4,17H2,1H3,(H,28,32)(H,29,31)(H,30,33). The highest BCUT2D eigenvalue weighted by molar-refractivity contribution is 6.30. The average molecular weight is 480 g/mol. The summed E-state index contributed by atoms with van der Waals surface area (Å²) in [7, 11) is 0. The van der Waals surface area contributed by atoms with Gasteiger partial charge in [-0.3, -0.25) is 14.4 Å². The van der Waals surface area contributed by atoms with E-state index in [9.17, 15) is 14.4 Å². The summed E-state index contributed by atoms with van der Waals surface area (Å²) < 4.78 is 5.39. The molecule has 0 saturated carbocycles. The molecule has 176 valence electrons. The van der Waals surface area contributed by atoms with Crippen molar-refractivity contribution in [3.63, 3.8) is 0 Å². The summed E-state index contributed by atoms with van der Waals surface area (Å²) >= 11 is 5.82. The minimum absolute atomic E-state index is 0.174. The number of nitrogens with one attached hydrogen (secondary N) is 3. The molecule has 0 saturated heterocycles. The van der Waals surface area contributed by atoms with Gasteiger partial charge in [0.2, 0.25) is 5.91 Å². The highest BCUT2D eigenvalue weighted by Crippen LogP contribution is 2.17. The number of anilines is 2. The van der Waals surface area contributed by atoms with E-state index in [-0.39, 0.29) is 24.1 Å². The molecule has 0 aromatic heterocycles. The van der Waals surface area contributed by atoms with Crippen LogP contribution in [0.5, 0.6) is 5.75 Å². The lowest BCUT2D eigenvalue weighted by Crippen LogP contribution is -2.25. The zero-order chi connectivity index (χ0) is 24.3. The quantitative estimate of drug-likeness (QED) is 0.351. The molecule has 3 N–H and O–H groups in total. The monoisotopic (exact) mass is 479 g/mol. The van der Waals surface area contributed by atoms with E-state index in [4.69, 9.17) is 16.3 Å². The number of hydrogen-bond acceptors (Lipinski definition) is 4. The van der Waals surface area contributed by atoms with Crippen LogP contribution in [-0.4, -0.2) is 30.9 Å². The summed E-state index contributed by atoms with van der Waals surface area (Å²) in [5.74, 6) is 0.103. The third-order valence-electron chi connectivity index (χ3n) is 4.83. The SMILES string of the molecule is CCOc1ccc(NC(=O)c2ccc(NC(=O)CCCNC(=O)c3ccc(Cl)cc3)cc2)cc1. The van der Waals surface area contributed by atoms with Crippen molar-refractivity contribution in [3.05, 3.63) is 88.9 Å². The van der Waals surface area contributed by atoms with E-state index < -0.39 is 0 Å². The smallest absolute Gasteiger partial charge is 0.255 e. The van der Waals surface area contributed by atoms with Crippen molar-refractivity contribution in [2.45, 2.75) is 19.8 Å². The van der Waals surface area contributed by atoms with Gasteiger partial charge in [-0.2, -0.15) is 0 Å². The van der Waals surface area contributed by atoms with Gasteiger partial charge in [-0.25, -0.2) is 0 Å². The van der Waals surface area contributed by atoms with Gasteiger partial charge in [0.05, 0.1) is 6.61 Å². The average Bonchev–Trinajstić information content (AvgIpc) is 2.84. The number of amides is 3. The lowest BCUT2D eigenvalue weighted by molar-refractivity contribution is -0.116. The molecule has 3 amide bonds. The maximum atomic E-state index is 12.4. The molecule has 0 fully saturated rings. The summed E-state index contributed by atoms with van der Waals surface area (Å²) in [5, 5.41) is 8.95.